The van der Waals surface area contributed by atoms with Gasteiger partial charge in [0.1, 0.15) is 5.82 Å². The largest absolute Gasteiger partial charge is 0.336 e. The van der Waals surface area contributed by atoms with E-state index in [4.69, 9.17) is 0 Å². The van der Waals surface area contributed by atoms with Crippen LogP contribution < -0.4 is 0 Å². The van der Waals surface area contributed by atoms with Crippen LogP contribution in [0.15, 0.2) is 66.7 Å². The lowest BCUT2D eigenvalue weighted by Gasteiger charge is -2.08. The van der Waals surface area contributed by atoms with Crippen LogP contribution in [-0.2, 0) is 6.54 Å². The monoisotopic (exact) mass is 401 g/mol. The van der Waals surface area contributed by atoms with Gasteiger partial charge in [-0.25, -0.2) is 4.39 Å². The molecule has 0 aliphatic carbocycles. The molecule has 0 fully saturated rings. The van der Waals surface area contributed by atoms with Crippen molar-refractivity contribution in [3.63, 3.8) is 0 Å². The van der Waals surface area contributed by atoms with E-state index in [2.05, 4.69) is 57.5 Å². The number of benzene rings is 3. The van der Waals surface area contributed by atoms with Crippen molar-refractivity contribution in [3.05, 3.63) is 81.7 Å². The van der Waals surface area contributed by atoms with Gasteiger partial charge in [0, 0.05) is 20.9 Å². The maximum Gasteiger partial charge on any atom is 0.125 e. The Balaban J connectivity index is 2.04. The third kappa shape index (κ3) is 2.29. The van der Waals surface area contributed by atoms with Gasteiger partial charge in [0.25, 0.3) is 0 Å². The van der Waals surface area contributed by atoms with E-state index in [1.54, 1.807) is 6.07 Å². The summed E-state index contributed by atoms with van der Waals surface area (Å²) < 4.78 is 17.1. The average Bonchev–Trinajstić information content (AvgIpc) is 2.81. The smallest absolute Gasteiger partial charge is 0.125 e. The van der Waals surface area contributed by atoms with Gasteiger partial charge in [-0.1, -0.05) is 36.4 Å². The molecule has 22 heavy (non-hydrogen) atoms. The minimum absolute atomic E-state index is 0.195. The molecule has 0 radical (unpaired) electrons. The highest BCUT2D eigenvalue weighted by molar-refractivity contribution is 14.1. The standard InChI is InChI=1S/C19H13FIN/c20-14-6-8-16-17-9-7-15(21)11-19(17)22(18(16)10-14)12-13-4-2-1-3-5-13/h1-11H,12H2. The summed E-state index contributed by atoms with van der Waals surface area (Å²) in [6, 6.07) is 21.7. The molecular weight excluding hydrogens is 388 g/mol. The zero-order chi connectivity index (χ0) is 15.1. The van der Waals surface area contributed by atoms with Crippen LogP contribution in [0.3, 0.4) is 0 Å². The molecule has 0 saturated carbocycles. The Morgan fingerprint density at radius 3 is 2.27 bits per heavy atom. The van der Waals surface area contributed by atoms with Gasteiger partial charge in [-0.3, -0.25) is 0 Å². The summed E-state index contributed by atoms with van der Waals surface area (Å²) in [5.41, 5.74) is 3.31. The minimum atomic E-state index is -0.195. The SMILES string of the molecule is Fc1ccc2c3ccc(I)cc3n(Cc3ccccc3)c2c1. The summed E-state index contributed by atoms with van der Waals surface area (Å²) in [5, 5.41) is 2.27. The van der Waals surface area contributed by atoms with Gasteiger partial charge in [-0.2, -0.15) is 0 Å². The van der Waals surface area contributed by atoms with Crippen LogP contribution in [0.25, 0.3) is 21.8 Å². The summed E-state index contributed by atoms with van der Waals surface area (Å²) in [6.07, 6.45) is 0. The zero-order valence-corrected chi connectivity index (χ0v) is 13.9. The fourth-order valence-electron chi connectivity index (χ4n) is 2.98. The third-order valence-electron chi connectivity index (χ3n) is 3.97. The molecule has 0 unspecified atom stereocenters. The van der Waals surface area contributed by atoms with Crippen LogP contribution in [0.4, 0.5) is 4.39 Å². The van der Waals surface area contributed by atoms with Crippen molar-refractivity contribution >= 4 is 44.4 Å². The molecule has 0 spiro atoms. The summed E-state index contributed by atoms with van der Waals surface area (Å²) >= 11 is 2.32. The van der Waals surface area contributed by atoms with E-state index in [9.17, 15) is 4.39 Å². The predicted octanol–water partition coefficient (Wildman–Crippen LogP) is 5.59. The van der Waals surface area contributed by atoms with Crippen LogP contribution >= 0.6 is 22.6 Å². The van der Waals surface area contributed by atoms with Crippen LogP contribution in [0.1, 0.15) is 5.56 Å². The van der Waals surface area contributed by atoms with Gasteiger partial charge < -0.3 is 4.57 Å². The van der Waals surface area contributed by atoms with E-state index >= 15 is 0 Å². The highest BCUT2D eigenvalue weighted by Crippen LogP contribution is 2.31. The van der Waals surface area contributed by atoms with E-state index in [1.165, 1.54) is 20.6 Å². The molecule has 4 rings (SSSR count). The Kier molecular flexibility index (Phi) is 3.37. The molecule has 0 bridgehead atoms. The lowest BCUT2D eigenvalue weighted by molar-refractivity contribution is 0.628. The first-order valence-electron chi connectivity index (χ1n) is 7.13. The second-order valence-electron chi connectivity index (χ2n) is 5.39. The molecule has 1 nitrogen and oxygen atoms in total. The van der Waals surface area contributed by atoms with Crippen LogP contribution in [-0.4, -0.2) is 4.57 Å². The first-order chi connectivity index (χ1) is 10.7. The first kappa shape index (κ1) is 13.8. The van der Waals surface area contributed by atoms with E-state index in [0.717, 1.165) is 23.0 Å². The number of aromatic nitrogens is 1. The summed E-state index contributed by atoms with van der Waals surface area (Å²) in [5.74, 6) is -0.195. The predicted molar refractivity (Wildman–Crippen MR) is 97.7 cm³/mol. The molecule has 1 heterocycles. The second kappa shape index (κ2) is 5.39. The lowest BCUT2D eigenvalue weighted by atomic mass is 10.1. The fraction of sp³-hybridized carbons (Fsp3) is 0.0526. The molecule has 0 atom stereocenters. The van der Waals surface area contributed by atoms with Crippen molar-refractivity contribution in [3.8, 4) is 0 Å². The third-order valence-corrected chi connectivity index (χ3v) is 4.65. The minimum Gasteiger partial charge on any atom is -0.336 e. The van der Waals surface area contributed by atoms with Gasteiger partial charge in [-0.05, 0) is 58.5 Å². The van der Waals surface area contributed by atoms with Crippen molar-refractivity contribution < 1.29 is 4.39 Å². The Morgan fingerprint density at radius 2 is 1.50 bits per heavy atom. The highest BCUT2D eigenvalue weighted by Gasteiger charge is 2.12. The number of nitrogens with zero attached hydrogens (tertiary/aromatic N) is 1. The molecule has 0 N–H and O–H groups in total. The molecule has 0 aliphatic heterocycles. The van der Waals surface area contributed by atoms with E-state index in [0.29, 0.717) is 0 Å². The number of hydrogen-bond acceptors (Lipinski definition) is 0. The molecular formula is C19H13FIN. The lowest BCUT2D eigenvalue weighted by Crippen LogP contribution is -1.99. The van der Waals surface area contributed by atoms with Gasteiger partial charge in [0.15, 0.2) is 0 Å². The quantitative estimate of drug-likeness (QED) is 0.386. The molecule has 0 amide bonds. The maximum absolute atomic E-state index is 13.7. The average molecular weight is 401 g/mol. The van der Waals surface area contributed by atoms with E-state index in [-0.39, 0.29) is 5.82 Å². The highest BCUT2D eigenvalue weighted by atomic mass is 127. The molecule has 0 saturated heterocycles. The Labute approximate surface area is 141 Å². The van der Waals surface area contributed by atoms with Crippen molar-refractivity contribution in [1.82, 2.24) is 4.57 Å². The Morgan fingerprint density at radius 1 is 0.818 bits per heavy atom. The molecule has 0 aliphatic rings. The zero-order valence-electron chi connectivity index (χ0n) is 11.8. The van der Waals surface area contributed by atoms with Gasteiger partial charge in [0.2, 0.25) is 0 Å². The van der Waals surface area contributed by atoms with E-state index < -0.39 is 0 Å². The van der Waals surface area contributed by atoms with E-state index in [1.807, 2.05) is 24.3 Å². The van der Waals surface area contributed by atoms with Gasteiger partial charge in [-0.15, -0.1) is 0 Å². The Bertz CT molecular complexity index is 914. The molecule has 108 valence electrons. The van der Waals surface area contributed by atoms with Crippen molar-refractivity contribution in [2.75, 3.05) is 0 Å². The normalized spacial score (nSPS) is 11.4. The summed E-state index contributed by atoms with van der Waals surface area (Å²) in [6.45, 7) is 0.740. The Hall–Kier alpha value is -1.88. The molecule has 1 aromatic heterocycles. The molecule has 3 aromatic carbocycles. The van der Waals surface area contributed by atoms with Crippen molar-refractivity contribution in [2.24, 2.45) is 0 Å². The summed E-state index contributed by atoms with van der Waals surface area (Å²) in [4.78, 5) is 0. The van der Waals surface area contributed by atoms with Crippen molar-refractivity contribution in [2.45, 2.75) is 6.54 Å². The van der Waals surface area contributed by atoms with Gasteiger partial charge in [0.05, 0.1) is 11.0 Å². The van der Waals surface area contributed by atoms with Crippen LogP contribution in [0.2, 0.25) is 0 Å². The number of rotatable bonds is 2. The number of hydrogen-bond donors (Lipinski definition) is 0. The van der Waals surface area contributed by atoms with Gasteiger partial charge >= 0.3 is 0 Å². The number of fused-ring (bicyclic) bond motifs is 3. The molecule has 4 aromatic rings. The maximum atomic E-state index is 13.7. The van der Waals surface area contributed by atoms with Crippen LogP contribution in [0.5, 0.6) is 0 Å². The first-order valence-corrected chi connectivity index (χ1v) is 8.21. The molecule has 3 heteroatoms. The fourth-order valence-corrected chi connectivity index (χ4v) is 3.45. The van der Waals surface area contributed by atoms with Crippen molar-refractivity contribution in [1.29, 1.82) is 0 Å². The second-order valence-corrected chi connectivity index (χ2v) is 6.64. The number of halogens is 2. The van der Waals surface area contributed by atoms with Crippen LogP contribution in [0, 0.1) is 9.39 Å². The topological polar surface area (TPSA) is 4.93 Å². The summed E-state index contributed by atoms with van der Waals surface area (Å²) in [7, 11) is 0.